The molecule has 0 amide bonds. The highest BCUT2D eigenvalue weighted by Crippen LogP contribution is 2.22. The zero-order valence-corrected chi connectivity index (χ0v) is 11.7. The molecule has 0 rings (SSSR count). The van der Waals surface area contributed by atoms with E-state index in [0.717, 1.165) is 17.8 Å². The van der Waals surface area contributed by atoms with Gasteiger partial charge in [-0.1, -0.05) is 73.1 Å². The largest absolute Gasteiger partial charge is 0.0654 e. The normalized spacial score (nSPS) is 15.6. The quantitative estimate of drug-likeness (QED) is 0.432. The van der Waals surface area contributed by atoms with Crippen LogP contribution in [0.1, 0.15) is 79.6 Å². The van der Waals surface area contributed by atoms with E-state index in [2.05, 4.69) is 34.6 Å². The Kier molecular flexibility index (Phi) is 9.24. The van der Waals surface area contributed by atoms with E-state index in [0.29, 0.717) is 0 Å². The van der Waals surface area contributed by atoms with Gasteiger partial charge >= 0.3 is 0 Å². The molecule has 0 N–H and O–H groups in total. The topological polar surface area (TPSA) is 0 Å². The highest BCUT2D eigenvalue weighted by atomic mass is 14.1. The molecular weight excluding hydrogens is 180 g/mol. The van der Waals surface area contributed by atoms with Crippen LogP contribution < -0.4 is 0 Å². The SMILES string of the molecule is CCCCCC(C)CC(C)CCC(C)C. The summed E-state index contributed by atoms with van der Waals surface area (Å²) in [5.74, 6) is 2.76. The lowest BCUT2D eigenvalue weighted by Crippen LogP contribution is -2.04. The molecule has 0 saturated heterocycles. The van der Waals surface area contributed by atoms with Gasteiger partial charge in [0, 0.05) is 0 Å². The maximum Gasteiger partial charge on any atom is -0.0440 e. The van der Waals surface area contributed by atoms with Crippen LogP contribution in [0.4, 0.5) is 0 Å². The van der Waals surface area contributed by atoms with Gasteiger partial charge in [-0.05, 0) is 24.2 Å². The lowest BCUT2D eigenvalue weighted by Gasteiger charge is -2.18. The molecule has 0 bridgehead atoms. The number of hydrogen-bond acceptors (Lipinski definition) is 0. The molecule has 0 spiro atoms. The van der Waals surface area contributed by atoms with Crippen molar-refractivity contribution in [1.82, 2.24) is 0 Å². The van der Waals surface area contributed by atoms with Crippen LogP contribution in [0.25, 0.3) is 0 Å². The fourth-order valence-electron chi connectivity index (χ4n) is 2.28. The van der Waals surface area contributed by atoms with E-state index in [9.17, 15) is 0 Å². The van der Waals surface area contributed by atoms with Crippen molar-refractivity contribution >= 4 is 0 Å². The van der Waals surface area contributed by atoms with E-state index in [1.54, 1.807) is 0 Å². The third-order valence-electron chi connectivity index (χ3n) is 3.34. The van der Waals surface area contributed by atoms with Crippen molar-refractivity contribution in [2.45, 2.75) is 79.6 Å². The molecule has 0 nitrogen and oxygen atoms in total. The second-order valence-corrected chi connectivity index (χ2v) is 5.91. The van der Waals surface area contributed by atoms with Crippen molar-refractivity contribution < 1.29 is 0 Å². The minimum absolute atomic E-state index is 0.878. The predicted octanol–water partition coefficient (Wildman–Crippen LogP) is 5.67. The molecule has 0 radical (unpaired) electrons. The first kappa shape index (κ1) is 15.0. The molecule has 15 heavy (non-hydrogen) atoms. The van der Waals surface area contributed by atoms with Gasteiger partial charge in [-0.2, -0.15) is 0 Å². The highest BCUT2D eigenvalue weighted by molar-refractivity contribution is 4.61. The molecule has 0 aliphatic rings. The monoisotopic (exact) mass is 212 g/mol. The molecule has 0 aromatic heterocycles. The first-order chi connectivity index (χ1) is 7.06. The Labute approximate surface area is 97.8 Å². The Bertz CT molecular complexity index is 126. The van der Waals surface area contributed by atoms with Crippen LogP contribution in [-0.4, -0.2) is 0 Å². The van der Waals surface area contributed by atoms with Gasteiger partial charge in [0.1, 0.15) is 0 Å². The predicted molar refractivity (Wildman–Crippen MR) is 71.2 cm³/mol. The summed E-state index contributed by atoms with van der Waals surface area (Å²) < 4.78 is 0. The Morgan fingerprint density at radius 2 is 1.33 bits per heavy atom. The van der Waals surface area contributed by atoms with Crippen LogP contribution in [0, 0.1) is 17.8 Å². The Morgan fingerprint density at radius 1 is 0.733 bits per heavy atom. The summed E-state index contributed by atoms with van der Waals surface area (Å²) in [6.07, 6.45) is 9.93. The summed E-state index contributed by atoms with van der Waals surface area (Å²) in [6, 6.07) is 0. The second-order valence-electron chi connectivity index (χ2n) is 5.91. The lowest BCUT2D eigenvalue weighted by molar-refractivity contribution is 0.347. The van der Waals surface area contributed by atoms with E-state index >= 15 is 0 Å². The third kappa shape index (κ3) is 10.3. The molecule has 0 saturated carbocycles. The molecule has 2 atom stereocenters. The van der Waals surface area contributed by atoms with Crippen molar-refractivity contribution in [3.05, 3.63) is 0 Å². The van der Waals surface area contributed by atoms with Gasteiger partial charge in [-0.15, -0.1) is 0 Å². The summed E-state index contributed by atoms with van der Waals surface area (Å²) in [4.78, 5) is 0. The molecule has 92 valence electrons. The van der Waals surface area contributed by atoms with Gasteiger partial charge in [0.2, 0.25) is 0 Å². The Morgan fingerprint density at radius 3 is 1.87 bits per heavy atom. The van der Waals surface area contributed by atoms with E-state index in [-0.39, 0.29) is 0 Å². The van der Waals surface area contributed by atoms with Crippen LogP contribution >= 0.6 is 0 Å². The van der Waals surface area contributed by atoms with Gasteiger partial charge in [0.05, 0.1) is 0 Å². The van der Waals surface area contributed by atoms with Gasteiger partial charge < -0.3 is 0 Å². The number of unbranched alkanes of at least 4 members (excludes halogenated alkanes) is 2. The maximum atomic E-state index is 2.43. The second kappa shape index (κ2) is 9.24. The molecule has 0 aliphatic heterocycles. The minimum Gasteiger partial charge on any atom is -0.0654 e. The van der Waals surface area contributed by atoms with Crippen molar-refractivity contribution in [3.8, 4) is 0 Å². The standard InChI is InChI=1S/C15H32/c1-6-7-8-9-14(4)12-15(5)11-10-13(2)3/h13-15H,6-12H2,1-5H3. The number of hydrogen-bond donors (Lipinski definition) is 0. The van der Waals surface area contributed by atoms with E-state index in [1.807, 2.05) is 0 Å². The van der Waals surface area contributed by atoms with E-state index in [1.165, 1.54) is 44.9 Å². The molecule has 0 fully saturated rings. The smallest absolute Gasteiger partial charge is 0.0440 e. The molecule has 0 aromatic rings. The van der Waals surface area contributed by atoms with Crippen LogP contribution in [0.3, 0.4) is 0 Å². The molecule has 0 aliphatic carbocycles. The van der Waals surface area contributed by atoms with Crippen LogP contribution in [-0.2, 0) is 0 Å². The first-order valence-electron chi connectivity index (χ1n) is 7.06. The fraction of sp³-hybridized carbons (Fsp3) is 1.00. The van der Waals surface area contributed by atoms with Crippen molar-refractivity contribution in [1.29, 1.82) is 0 Å². The van der Waals surface area contributed by atoms with Gasteiger partial charge in [0.25, 0.3) is 0 Å². The molecule has 0 heteroatoms. The third-order valence-corrected chi connectivity index (χ3v) is 3.34. The summed E-state index contributed by atoms with van der Waals surface area (Å²) in [5, 5.41) is 0. The van der Waals surface area contributed by atoms with Crippen molar-refractivity contribution in [2.75, 3.05) is 0 Å². The average Bonchev–Trinajstić information content (AvgIpc) is 2.15. The zero-order chi connectivity index (χ0) is 11.7. The summed E-state index contributed by atoms with van der Waals surface area (Å²) >= 11 is 0. The van der Waals surface area contributed by atoms with E-state index < -0.39 is 0 Å². The van der Waals surface area contributed by atoms with Crippen LogP contribution in [0.15, 0.2) is 0 Å². The van der Waals surface area contributed by atoms with Crippen molar-refractivity contribution in [2.24, 2.45) is 17.8 Å². The zero-order valence-electron chi connectivity index (χ0n) is 11.7. The average molecular weight is 212 g/mol. The summed E-state index contributed by atoms with van der Waals surface area (Å²) in [6.45, 7) is 11.8. The van der Waals surface area contributed by atoms with Gasteiger partial charge in [-0.25, -0.2) is 0 Å². The van der Waals surface area contributed by atoms with Gasteiger partial charge in [0.15, 0.2) is 0 Å². The fourth-order valence-corrected chi connectivity index (χ4v) is 2.28. The summed E-state index contributed by atoms with van der Waals surface area (Å²) in [5.41, 5.74) is 0. The molecule has 0 heterocycles. The molecule has 0 aromatic carbocycles. The lowest BCUT2D eigenvalue weighted by atomic mass is 9.88. The molecular formula is C15H32. The molecule has 2 unspecified atom stereocenters. The van der Waals surface area contributed by atoms with E-state index in [4.69, 9.17) is 0 Å². The Hall–Kier alpha value is 0. The first-order valence-corrected chi connectivity index (χ1v) is 7.06. The van der Waals surface area contributed by atoms with Crippen molar-refractivity contribution in [3.63, 3.8) is 0 Å². The van der Waals surface area contributed by atoms with Gasteiger partial charge in [-0.3, -0.25) is 0 Å². The van der Waals surface area contributed by atoms with Crippen LogP contribution in [0.5, 0.6) is 0 Å². The number of rotatable bonds is 9. The summed E-state index contributed by atoms with van der Waals surface area (Å²) in [7, 11) is 0. The minimum atomic E-state index is 0.878. The Balaban J connectivity index is 3.44. The highest BCUT2D eigenvalue weighted by Gasteiger charge is 2.09. The maximum absolute atomic E-state index is 2.43. The van der Waals surface area contributed by atoms with Crippen LogP contribution in [0.2, 0.25) is 0 Å².